The van der Waals surface area contributed by atoms with Crippen LogP contribution >= 0.6 is 12.8 Å². The summed E-state index contributed by atoms with van der Waals surface area (Å²) in [6, 6.07) is 2.26. The minimum Gasteiger partial charge on any atom is -0.351 e. The molecule has 0 bridgehead atoms. The highest BCUT2D eigenvalue weighted by Crippen LogP contribution is 2.35. The molecule has 1 heterocycles. The van der Waals surface area contributed by atoms with Gasteiger partial charge in [-0.2, -0.15) is 0 Å². The molecule has 0 saturated heterocycles. The standard InChI is InChI=1S/C21H30N4.C2H7N.H3NS/c1-15(18-5-3-4-6-18)13-17-7-9-19(10-8-17)24-21-23-12-11-20(25-21)16(2)14-22;1-3-2;1-2/h3,5,11-12,14-15,17-19,22H,2,4,6-10,13H2,1H3,(H,23,24,25);3H,1-2H3;2H,1H2. The number of aromatic nitrogens is 2. The maximum absolute atomic E-state index is 7.30. The summed E-state index contributed by atoms with van der Waals surface area (Å²) in [6.45, 7) is 6.27. The van der Waals surface area contributed by atoms with Gasteiger partial charge < -0.3 is 16.0 Å². The van der Waals surface area contributed by atoms with Crippen LogP contribution in [-0.4, -0.2) is 36.3 Å². The van der Waals surface area contributed by atoms with Crippen molar-refractivity contribution in [1.29, 1.82) is 5.41 Å². The summed E-state index contributed by atoms with van der Waals surface area (Å²) in [5.41, 5.74) is 1.34. The highest BCUT2D eigenvalue weighted by atomic mass is 32.1. The van der Waals surface area contributed by atoms with Crippen LogP contribution in [0.2, 0.25) is 0 Å². The molecule has 0 amide bonds. The van der Waals surface area contributed by atoms with Crippen molar-refractivity contribution in [2.75, 3.05) is 19.4 Å². The Morgan fingerprint density at radius 2 is 1.97 bits per heavy atom. The molecule has 2 atom stereocenters. The maximum Gasteiger partial charge on any atom is 0.223 e. The second-order valence-electron chi connectivity index (χ2n) is 8.18. The molecule has 30 heavy (non-hydrogen) atoms. The topological polar surface area (TPSA) is 99.7 Å². The van der Waals surface area contributed by atoms with Gasteiger partial charge in [-0.25, -0.2) is 9.97 Å². The Labute approximate surface area is 188 Å². The fourth-order valence-corrected chi connectivity index (χ4v) is 4.24. The van der Waals surface area contributed by atoms with Gasteiger partial charge in [-0.15, -0.1) is 12.8 Å². The minimum atomic E-state index is 0.460. The number of rotatable bonds is 7. The first kappa shape index (κ1) is 26.3. The maximum atomic E-state index is 7.30. The Kier molecular flexibility index (Phi) is 13.3. The van der Waals surface area contributed by atoms with E-state index >= 15 is 0 Å². The molecule has 1 aromatic heterocycles. The zero-order valence-corrected chi connectivity index (χ0v) is 19.7. The van der Waals surface area contributed by atoms with Gasteiger partial charge in [-0.3, -0.25) is 5.14 Å². The van der Waals surface area contributed by atoms with E-state index in [2.05, 4.69) is 64.2 Å². The quantitative estimate of drug-likeness (QED) is 0.244. The highest BCUT2D eigenvalue weighted by Gasteiger charge is 2.26. The monoisotopic (exact) mass is 432 g/mol. The van der Waals surface area contributed by atoms with E-state index in [1.165, 1.54) is 51.2 Å². The van der Waals surface area contributed by atoms with Crippen molar-refractivity contribution in [1.82, 2.24) is 15.3 Å². The average molecular weight is 433 g/mol. The number of thiol groups is 1. The number of nitrogens with two attached hydrogens (primary N) is 1. The largest absolute Gasteiger partial charge is 0.351 e. The van der Waals surface area contributed by atoms with Crippen LogP contribution in [0.3, 0.4) is 0 Å². The molecule has 2 unspecified atom stereocenters. The Bertz CT molecular complexity index is 655. The lowest BCUT2D eigenvalue weighted by Gasteiger charge is -2.31. The normalized spacial score (nSPS) is 23.3. The van der Waals surface area contributed by atoms with E-state index < -0.39 is 0 Å². The summed E-state index contributed by atoms with van der Waals surface area (Å²) in [7, 11) is 3.75. The number of hydrogen-bond donors (Lipinski definition) is 5. The van der Waals surface area contributed by atoms with Gasteiger partial charge in [0.05, 0.1) is 5.69 Å². The predicted octanol–water partition coefficient (Wildman–Crippen LogP) is 4.73. The molecule has 0 aliphatic heterocycles. The van der Waals surface area contributed by atoms with Gasteiger partial charge in [0.15, 0.2) is 0 Å². The molecule has 1 fully saturated rings. The first-order valence-corrected chi connectivity index (χ1v) is 11.4. The fourth-order valence-electron chi connectivity index (χ4n) is 4.24. The van der Waals surface area contributed by atoms with Crippen LogP contribution in [0.5, 0.6) is 0 Å². The number of nitrogens with zero attached hydrogens (tertiary/aromatic N) is 2. The van der Waals surface area contributed by atoms with Crippen molar-refractivity contribution in [2.24, 2.45) is 22.9 Å². The van der Waals surface area contributed by atoms with Gasteiger partial charge in [-0.1, -0.05) is 25.7 Å². The molecule has 1 saturated carbocycles. The summed E-state index contributed by atoms with van der Waals surface area (Å²) in [5.74, 6) is 3.16. The van der Waals surface area contributed by atoms with E-state index in [9.17, 15) is 0 Å². The smallest absolute Gasteiger partial charge is 0.223 e. The molecule has 168 valence electrons. The third-order valence-corrected chi connectivity index (χ3v) is 5.82. The second kappa shape index (κ2) is 15.2. The van der Waals surface area contributed by atoms with E-state index in [0.717, 1.165) is 23.4 Å². The van der Waals surface area contributed by atoms with E-state index in [1.54, 1.807) is 12.3 Å². The molecular weight excluding hydrogens is 392 g/mol. The SMILES string of the molecule is C=C(C=N)c1ccnc(NC2CCC(CC(C)C3C=CCC3)CC2)n1.CNC.NS. The molecule has 5 N–H and O–H groups in total. The molecule has 0 aromatic carbocycles. The van der Waals surface area contributed by atoms with Gasteiger partial charge in [-0.05, 0) is 82.9 Å². The van der Waals surface area contributed by atoms with Crippen LogP contribution in [0.15, 0.2) is 31.0 Å². The molecule has 2 aliphatic rings. The van der Waals surface area contributed by atoms with E-state index in [0.29, 0.717) is 17.6 Å². The second-order valence-corrected chi connectivity index (χ2v) is 8.18. The van der Waals surface area contributed by atoms with Crippen molar-refractivity contribution < 1.29 is 0 Å². The summed E-state index contributed by atoms with van der Waals surface area (Å²) in [6.07, 6.45) is 16.7. The first-order chi connectivity index (χ1) is 14.6. The lowest BCUT2D eigenvalue weighted by molar-refractivity contribution is 0.255. The van der Waals surface area contributed by atoms with Crippen molar-refractivity contribution in [3.05, 3.63) is 36.7 Å². The van der Waals surface area contributed by atoms with Gasteiger partial charge in [0.25, 0.3) is 0 Å². The van der Waals surface area contributed by atoms with Crippen molar-refractivity contribution >= 4 is 30.6 Å². The van der Waals surface area contributed by atoms with Crippen LogP contribution in [0.4, 0.5) is 5.95 Å². The van der Waals surface area contributed by atoms with Gasteiger partial charge in [0.1, 0.15) is 0 Å². The van der Waals surface area contributed by atoms with Gasteiger partial charge in [0.2, 0.25) is 5.95 Å². The van der Waals surface area contributed by atoms with Crippen LogP contribution < -0.4 is 15.8 Å². The van der Waals surface area contributed by atoms with Crippen LogP contribution in [0.25, 0.3) is 5.57 Å². The van der Waals surface area contributed by atoms with E-state index in [4.69, 9.17) is 5.41 Å². The number of anilines is 1. The van der Waals surface area contributed by atoms with Crippen molar-refractivity contribution in [3.8, 4) is 0 Å². The number of hydrogen-bond acceptors (Lipinski definition) is 7. The Hall–Kier alpha value is -1.70. The zero-order chi connectivity index (χ0) is 22.4. The third-order valence-electron chi connectivity index (χ3n) is 5.82. The van der Waals surface area contributed by atoms with Crippen molar-refractivity contribution in [2.45, 2.75) is 57.9 Å². The van der Waals surface area contributed by atoms with Gasteiger partial charge in [0, 0.05) is 24.0 Å². The van der Waals surface area contributed by atoms with Gasteiger partial charge >= 0.3 is 0 Å². The predicted molar refractivity (Wildman–Crippen MR) is 133 cm³/mol. The summed E-state index contributed by atoms with van der Waals surface area (Å²) in [4.78, 5) is 8.80. The van der Waals surface area contributed by atoms with E-state index in [-0.39, 0.29) is 0 Å². The van der Waals surface area contributed by atoms with Crippen molar-refractivity contribution in [3.63, 3.8) is 0 Å². The average Bonchev–Trinajstić information content (AvgIpc) is 3.32. The molecular formula is C23H40N6S. The Morgan fingerprint density at radius 3 is 2.53 bits per heavy atom. The van der Waals surface area contributed by atoms with E-state index in [1.807, 2.05) is 14.1 Å². The summed E-state index contributed by atoms with van der Waals surface area (Å²) in [5, 5.41) is 17.7. The molecule has 6 nitrogen and oxygen atoms in total. The zero-order valence-electron chi connectivity index (χ0n) is 18.8. The Morgan fingerprint density at radius 1 is 1.30 bits per heavy atom. The molecule has 3 rings (SSSR count). The van der Waals surface area contributed by atoms with Crippen LogP contribution in [0, 0.1) is 23.2 Å². The van der Waals surface area contributed by atoms with Crippen LogP contribution in [0.1, 0.15) is 57.6 Å². The fraction of sp³-hybridized carbons (Fsp3) is 0.609. The highest BCUT2D eigenvalue weighted by molar-refractivity contribution is 7.77. The number of allylic oxidation sites excluding steroid dienone is 3. The Balaban J connectivity index is 0.000000826. The molecule has 2 aliphatic carbocycles. The third kappa shape index (κ3) is 8.98. The lowest BCUT2D eigenvalue weighted by Crippen LogP contribution is -2.28. The van der Waals surface area contributed by atoms with Crippen LogP contribution in [-0.2, 0) is 0 Å². The minimum absolute atomic E-state index is 0.460. The number of nitrogens with one attached hydrogen (secondary N) is 3. The molecule has 7 heteroatoms. The summed E-state index contributed by atoms with van der Waals surface area (Å²) >= 11 is 3.03. The molecule has 0 radical (unpaired) electrons. The lowest BCUT2D eigenvalue weighted by atomic mass is 9.78. The molecule has 1 aromatic rings. The first-order valence-electron chi connectivity index (χ1n) is 10.9. The molecule has 0 spiro atoms. The summed E-state index contributed by atoms with van der Waals surface area (Å²) < 4.78 is 0.